The molecule has 1 aromatic heterocycles. The Morgan fingerprint density at radius 3 is 2.65 bits per heavy atom. The van der Waals surface area contributed by atoms with E-state index in [2.05, 4.69) is 34.1 Å². The molecule has 8 heteroatoms. The SMILES string of the molecule is C=C(C)c1ccc(NC(=O)[C@@H]2CC(=O)Nc3nc(N4CCCC[C@@H]4C)[nH]c(=O)c32)cc1. The van der Waals surface area contributed by atoms with Gasteiger partial charge in [0, 0.05) is 24.7 Å². The van der Waals surface area contributed by atoms with Gasteiger partial charge in [-0.2, -0.15) is 4.98 Å². The van der Waals surface area contributed by atoms with E-state index >= 15 is 0 Å². The molecule has 0 radical (unpaired) electrons. The van der Waals surface area contributed by atoms with Crippen LogP contribution in [0.4, 0.5) is 17.5 Å². The molecule has 0 saturated carbocycles. The summed E-state index contributed by atoms with van der Waals surface area (Å²) in [5.74, 6) is -1.04. The number of aromatic nitrogens is 2. The average molecular weight is 422 g/mol. The van der Waals surface area contributed by atoms with Crippen LogP contribution in [0.3, 0.4) is 0 Å². The Kier molecular flexibility index (Phi) is 5.63. The number of carbonyl (C=O) groups is 2. The third-order valence-corrected chi connectivity index (χ3v) is 5.98. The Morgan fingerprint density at radius 1 is 1.23 bits per heavy atom. The lowest BCUT2D eigenvalue weighted by atomic mass is 9.92. The first-order chi connectivity index (χ1) is 14.8. The van der Waals surface area contributed by atoms with Crippen molar-refractivity contribution in [2.75, 3.05) is 22.1 Å². The first-order valence-electron chi connectivity index (χ1n) is 10.6. The van der Waals surface area contributed by atoms with Crippen LogP contribution >= 0.6 is 0 Å². The average Bonchev–Trinajstić information content (AvgIpc) is 2.73. The Morgan fingerprint density at radius 2 is 1.97 bits per heavy atom. The third kappa shape index (κ3) is 4.23. The highest BCUT2D eigenvalue weighted by Gasteiger charge is 2.35. The van der Waals surface area contributed by atoms with Gasteiger partial charge >= 0.3 is 0 Å². The fourth-order valence-electron chi connectivity index (χ4n) is 4.20. The third-order valence-electron chi connectivity index (χ3n) is 5.98. The topological polar surface area (TPSA) is 107 Å². The fraction of sp³-hybridized carbons (Fsp3) is 0.391. The predicted molar refractivity (Wildman–Crippen MR) is 121 cm³/mol. The Hall–Kier alpha value is -3.42. The van der Waals surface area contributed by atoms with Crippen LogP contribution in [0.2, 0.25) is 0 Å². The van der Waals surface area contributed by atoms with E-state index in [1.165, 1.54) is 0 Å². The molecule has 0 spiro atoms. The molecular formula is C23H27N5O3. The zero-order valence-electron chi connectivity index (χ0n) is 17.8. The molecule has 2 atom stereocenters. The number of nitrogens with zero attached hydrogens (tertiary/aromatic N) is 2. The lowest BCUT2D eigenvalue weighted by Gasteiger charge is -2.34. The zero-order valence-corrected chi connectivity index (χ0v) is 17.8. The molecule has 2 aromatic rings. The number of hydrogen-bond acceptors (Lipinski definition) is 5. The molecule has 31 heavy (non-hydrogen) atoms. The van der Waals surface area contributed by atoms with Crippen LogP contribution in [-0.4, -0.2) is 34.4 Å². The molecule has 1 saturated heterocycles. The van der Waals surface area contributed by atoms with Crippen LogP contribution in [-0.2, 0) is 9.59 Å². The van der Waals surface area contributed by atoms with Crippen LogP contribution in [0.5, 0.6) is 0 Å². The lowest BCUT2D eigenvalue weighted by Crippen LogP contribution is -2.41. The van der Waals surface area contributed by atoms with E-state index in [4.69, 9.17) is 0 Å². The number of benzene rings is 1. The van der Waals surface area contributed by atoms with E-state index in [1.807, 2.05) is 24.0 Å². The largest absolute Gasteiger partial charge is 0.340 e. The van der Waals surface area contributed by atoms with Gasteiger partial charge in [-0.25, -0.2) is 0 Å². The summed E-state index contributed by atoms with van der Waals surface area (Å²) >= 11 is 0. The van der Waals surface area contributed by atoms with Gasteiger partial charge in [-0.15, -0.1) is 0 Å². The second-order valence-corrected chi connectivity index (χ2v) is 8.34. The monoisotopic (exact) mass is 421 g/mol. The minimum Gasteiger partial charge on any atom is -0.340 e. The molecule has 3 heterocycles. The van der Waals surface area contributed by atoms with Crippen molar-refractivity contribution in [2.45, 2.75) is 51.5 Å². The zero-order chi connectivity index (χ0) is 22.1. The summed E-state index contributed by atoms with van der Waals surface area (Å²) in [5, 5.41) is 5.49. The van der Waals surface area contributed by atoms with Crippen molar-refractivity contribution in [3.8, 4) is 0 Å². The summed E-state index contributed by atoms with van der Waals surface area (Å²) in [6.07, 6.45) is 3.07. The Labute approximate surface area is 180 Å². The number of fused-ring (bicyclic) bond motifs is 1. The van der Waals surface area contributed by atoms with Crippen molar-refractivity contribution in [1.29, 1.82) is 0 Å². The Balaban J connectivity index is 1.62. The molecule has 0 aliphatic carbocycles. The number of carbonyl (C=O) groups excluding carboxylic acids is 2. The summed E-state index contributed by atoms with van der Waals surface area (Å²) in [5.41, 5.74) is 2.29. The minimum atomic E-state index is -0.909. The number of H-pyrrole nitrogens is 1. The van der Waals surface area contributed by atoms with E-state index in [1.54, 1.807) is 12.1 Å². The highest BCUT2D eigenvalue weighted by molar-refractivity contribution is 6.04. The van der Waals surface area contributed by atoms with Gasteiger partial charge in [0.2, 0.25) is 17.8 Å². The summed E-state index contributed by atoms with van der Waals surface area (Å²) in [7, 11) is 0. The van der Waals surface area contributed by atoms with Gasteiger partial charge in [-0.05, 0) is 50.8 Å². The number of aromatic amines is 1. The highest BCUT2D eigenvalue weighted by Crippen LogP contribution is 2.31. The van der Waals surface area contributed by atoms with Crippen molar-refractivity contribution in [3.63, 3.8) is 0 Å². The smallest absolute Gasteiger partial charge is 0.258 e. The molecule has 2 amide bonds. The predicted octanol–water partition coefficient (Wildman–Crippen LogP) is 3.25. The number of hydrogen-bond donors (Lipinski definition) is 3. The fourth-order valence-corrected chi connectivity index (χ4v) is 4.20. The van der Waals surface area contributed by atoms with Crippen molar-refractivity contribution in [3.05, 3.63) is 52.3 Å². The summed E-state index contributed by atoms with van der Waals surface area (Å²) < 4.78 is 0. The number of piperidine rings is 1. The Bertz CT molecular complexity index is 1090. The van der Waals surface area contributed by atoms with Gasteiger partial charge in [-0.3, -0.25) is 19.4 Å². The molecule has 8 nitrogen and oxygen atoms in total. The molecule has 162 valence electrons. The first-order valence-corrected chi connectivity index (χ1v) is 10.6. The van der Waals surface area contributed by atoms with Crippen LogP contribution in [0.1, 0.15) is 56.6 Å². The van der Waals surface area contributed by atoms with Crippen molar-refractivity contribution < 1.29 is 9.59 Å². The number of rotatable bonds is 4. The number of amides is 2. The van der Waals surface area contributed by atoms with E-state index in [0.717, 1.165) is 36.9 Å². The standard InChI is InChI=1S/C23H27N5O3/c1-13(2)15-7-9-16(10-8-15)24-21(30)17-12-18(29)25-20-19(17)22(31)27-23(26-20)28-11-5-4-6-14(28)3/h7-10,14,17H,1,4-6,11-12H2,2-3H3,(H,24,30)(H2,25,26,27,29,31)/t14-,17+/m0/s1. The molecule has 3 N–H and O–H groups in total. The van der Waals surface area contributed by atoms with Crippen LogP contribution in [0.25, 0.3) is 5.57 Å². The quantitative estimate of drug-likeness (QED) is 0.703. The number of nitrogens with one attached hydrogen (secondary N) is 3. The molecule has 2 aliphatic heterocycles. The lowest BCUT2D eigenvalue weighted by molar-refractivity contribution is -0.123. The van der Waals surface area contributed by atoms with Crippen molar-refractivity contribution >= 4 is 34.8 Å². The van der Waals surface area contributed by atoms with Crippen molar-refractivity contribution in [2.24, 2.45) is 0 Å². The molecule has 0 bridgehead atoms. The molecule has 2 aliphatic rings. The van der Waals surface area contributed by atoms with E-state index < -0.39 is 17.4 Å². The maximum Gasteiger partial charge on any atom is 0.258 e. The normalized spacial score (nSPS) is 20.6. The summed E-state index contributed by atoms with van der Waals surface area (Å²) in [4.78, 5) is 47.7. The number of allylic oxidation sites excluding steroid dienone is 1. The maximum atomic E-state index is 13.0. The van der Waals surface area contributed by atoms with Gasteiger partial charge in [-0.1, -0.05) is 24.3 Å². The molecule has 4 rings (SSSR count). The molecule has 0 unspecified atom stereocenters. The van der Waals surface area contributed by atoms with Gasteiger partial charge in [0.1, 0.15) is 5.82 Å². The van der Waals surface area contributed by atoms with Crippen LogP contribution < -0.4 is 21.1 Å². The number of anilines is 3. The second-order valence-electron chi connectivity index (χ2n) is 8.34. The van der Waals surface area contributed by atoms with E-state index in [0.29, 0.717) is 11.6 Å². The molecular weight excluding hydrogens is 394 g/mol. The highest BCUT2D eigenvalue weighted by atomic mass is 16.2. The minimum absolute atomic E-state index is 0.104. The van der Waals surface area contributed by atoms with Gasteiger partial charge < -0.3 is 15.5 Å². The van der Waals surface area contributed by atoms with Crippen LogP contribution in [0.15, 0.2) is 35.6 Å². The van der Waals surface area contributed by atoms with E-state index in [9.17, 15) is 14.4 Å². The second kappa shape index (κ2) is 8.37. The maximum absolute atomic E-state index is 13.0. The van der Waals surface area contributed by atoms with Crippen LogP contribution in [0, 0.1) is 0 Å². The van der Waals surface area contributed by atoms with Crippen molar-refractivity contribution in [1.82, 2.24) is 9.97 Å². The first kappa shape index (κ1) is 20.8. The van der Waals surface area contributed by atoms with Gasteiger partial charge in [0.15, 0.2) is 0 Å². The summed E-state index contributed by atoms with van der Waals surface area (Å²) in [6, 6.07) is 7.51. The van der Waals surface area contributed by atoms with E-state index in [-0.39, 0.29) is 29.8 Å². The summed E-state index contributed by atoms with van der Waals surface area (Å²) in [6.45, 7) is 8.69. The van der Waals surface area contributed by atoms with Gasteiger partial charge in [0.25, 0.3) is 5.56 Å². The van der Waals surface area contributed by atoms with Gasteiger partial charge in [0.05, 0.1) is 11.5 Å². The molecule has 1 aromatic carbocycles. The molecule has 1 fully saturated rings.